The van der Waals surface area contributed by atoms with E-state index in [1.54, 1.807) is 6.08 Å². The summed E-state index contributed by atoms with van der Waals surface area (Å²) in [6.07, 6.45) is 86.4. The number of hydrogen-bond acceptors (Lipinski definition) is 5. The molecular formula is C72H137NO5. The lowest BCUT2D eigenvalue weighted by atomic mass is 10.0. The predicted octanol–water partition coefficient (Wildman–Crippen LogP) is 22.7. The van der Waals surface area contributed by atoms with Crippen molar-refractivity contribution >= 4 is 11.9 Å². The third-order valence-electron chi connectivity index (χ3n) is 16.4. The maximum absolute atomic E-state index is 12.5. The third-order valence-corrected chi connectivity index (χ3v) is 16.4. The summed E-state index contributed by atoms with van der Waals surface area (Å²) in [5.74, 6) is -0.0606. The van der Waals surface area contributed by atoms with Gasteiger partial charge in [0.1, 0.15) is 0 Å². The van der Waals surface area contributed by atoms with Crippen molar-refractivity contribution in [3.05, 3.63) is 36.5 Å². The number of aliphatic hydroxyl groups is 2. The Bertz CT molecular complexity index is 1260. The van der Waals surface area contributed by atoms with E-state index < -0.39 is 12.1 Å². The summed E-state index contributed by atoms with van der Waals surface area (Å²) >= 11 is 0. The van der Waals surface area contributed by atoms with E-state index in [2.05, 4.69) is 43.5 Å². The Morgan fingerprint density at radius 2 is 0.641 bits per heavy atom. The van der Waals surface area contributed by atoms with Crippen LogP contribution >= 0.6 is 0 Å². The van der Waals surface area contributed by atoms with Gasteiger partial charge < -0.3 is 20.3 Å². The van der Waals surface area contributed by atoms with Crippen LogP contribution in [0.1, 0.15) is 386 Å². The zero-order chi connectivity index (χ0) is 56.4. The van der Waals surface area contributed by atoms with Crippen molar-refractivity contribution in [2.45, 2.75) is 398 Å². The number of amides is 1. The topological polar surface area (TPSA) is 95.9 Å². The minimum absolute atomic E-state index is 0.00473. The molecule has 0 aromatic rings. The van der Waals surface area contributed by atoms with Gasteiger partial charge in [0.15, 0.2) is 0 Å². The van der Waals surface area contributed by atoms with Crippen LogP contribution in [0.5, 0.6) is 0 Å². The lowest BCUT2D eigenvalue weighted by Gasteiger charge is -2.20. The molecule has 0 radical (unpaired) electrons. The fourth-order valence-electron chi connectivity index (χ4n) is 11.0. The van der Waals surface area contributed by atoms with Crippen molar-refractivity contribution in [1.82, 2.24) is 5.32 Å². The minimum Gasteiger partial charge on any atom is -0.466 e. The zero-order valence-electron chi connectivity index (χ0n) is 52.7. The van der Waals surface area contributed by atoms with E-state index in [0.29, 0.717) is 19.4 Å². The molecule has 2 unspecified atom stereocenters. The van der Waals surface area contributed by atoms with Gasteiger partial charge in [-0.3, -0.25) is 9.59 Å². The fraction of sp³-hybridized carbons (Fsp3) is 0.889. The maximum atomic E-state index is 12.5. The molecule has 1 amide bonds. The molecule has 0 aliphatic carbocycles. The first-order valence-corrected chi connectivity index (χ1v) is 35.3. The van der Waals surface area contributed by atoms with Crippen molar-refractivity contribution in [2.75, 3.05) is 13.2 Å². The molecule has 3 N–H and O–H groups in total. The Kier molecular flexibility index (Phi) is 65.9. The summed E-state index contributed by atoms with van der Waals surface area (Å²) in [6, 6.07) is -0.630. The van der Waals surface area contributed by atoms with Gasteiger partial charge in [-0.25, -0.2) is 0 Å². The van der Waals surface area contributed by atoms with Crippen LogP contribution in [0.3, 0.4) is 0 Å². The molecule has 0 spiro atoms. The highest BCUT2D eigenvalue weighted by molar-refractivity contribution is 5.76. The highest BCUT2D eigenvalue weighted by atomic mass is 16.5. The lowest BCUT2D eigenvalue weighted by molar-refractivity contribution is -0.143. The molecule has 0 aromatic carbocycles. The monoisotopic (exact) mass is 1100 g/mol. The Hall–Kier alpha value is -1.92. The molecule has 78 heavy (non-hydrogen) atoms. The van der Waals surface area contributed by atoms with Gasteiger partial charge in [-0.15, -0.1) is 0 Å². The summed E-state index contributed by atoms with van der Waals surface area (Å²) in [5.41, 5.74) is 0. The van der Waals surface area contributed by atoms with Gasteiger partial charge >= 0.3 is 5.97 Å². The molecular weight excluding hydrogens is 959 g/mol. The standard InChI is InChI=1S/C72H137NO5/c1-3-5-7-9-11-13-15-17-19-21-23-24-26-29-32-36-40-44-48-52-56-60-64-70(75)69(68-74)73-71(76)65-61-57-53-49-45-41-37-33-30-27-25-28-31-35-39-43-47-51-55-59-63-67-78-72(77)66-62-58-54-50-46-42-38-34-22-20-18-16-14-12-10-8-6-4-2/h14,16,20,22,60,64,69-70,74-75H,3-13,15,17-19,21,23-59,61-63,65-68H2,1-2H3,(H,73,76)/b16-14-,22-20-,64-60+. The highest BCUT2D eigenvalue weighted by Crippen LogP contribution is 2.19. The number of unbranched alkanes of at least 4 members (excludes halogenated alkanes) is 51. The fourth-order valence-corrected chi connectivity index (χ4v) is 11.0. The number of carbonyl (C=O) groups is 2. The van der Waals surface area contributed by atoms with Crippen molar-refractivity contribution in [3.63, 3.8) is 0 Å². The Labute approximate surface area is 487 Å². The number of aliphatic hydroxyl groups excluding tert-OH is 2. The van der Waals surface area contributed by atoms with E-state index in [1.165, 1.54) is 308 Å². The van der Waals surface area contributed by atoms with Gasteiger partial charge in [-0.1, -0.05) is 346 Å². The van der Waals surface area contributed by atoms with E-state index >= 15 is 0 Å². The predicted molar refractivity (Wildman–Crippen MR) is 343 cm³/mol. The normalized spacial score (nSPS) is 12.7. The maximum Gasteiger partial charge on any atom is 0.305 e. The molecule has 0 aliphatic rings. The number of hydrogen-bond donors (Lipinski definition) is 3. The van der Waals surface area contributed by atoms with Crippen molar-refractivity contribution in [1.29, 1.82) is 0 Å². The number of rotatable bonds is 66. The molecule has 460 valence electrons. The first kappa shape index (κ1) is 76.1. The van der Waals surface area contributed by atoms with Crippen LogP contribution in [0, 0.1) is 0 Å². The molecule has 0 heterocycles. The molecule has 6 nitrogen and oxygen atoms in total. The van der Waals surface area contributed by atoms with Gasteiger partial charge in [0.25, 0.3) is 0 Å². The lowest BCUT2D eigenvalue weighted by Crippen LogP contribution is -2.45. The molecule has 0 rings (SSSR count). The summed E-state index contributed by atoms with van der Waals surface area (Å²) in [6.45, 7) is 4.92. The van der Waals surface area contributed by atoms with E-state index in [9.17, 15) is 19.8 Å². The number of allylic oxidation sites excluding steroid dienone is 5. The Morgan fingerprint density at radius 1 is 0.359 bits per heavy atom. The summed E-state index contributed by atoms with van der Waals surface area (Å²) in [5, 5.41) is 23.3. The zero-order valence-corrected chi connectivity index (χ0v) is 52.7. The molecule has 0 fully saturated rings. The SMILES string of the molecule is CCCCCC/C=C\C/C=C\CCCCCCCCCC(=O)OCCCCCCCCCCCCCCCCCCCCCCCC(=O)NC(CO)C(O)/C=C/CCCCCCCCCCCCCCCCCCCCCC. The van der Waals surface area contributed by atoms with Gasteiger partial charge in [0, 0.05) is 12.8 Å². The smallest absolute Gasteiger partial charge is 0.305 e. The Morgan fingerprint density at radius 3 is 0.987 bits per heavy atom. The average molecular weight is 1100 g/mol. The Balaban J connectivity index is 3.41. The molecule has 0 saturated heterocycles. The number of nitrogens with one attached hydrogen (secondary N) is 1. The largest absolute Gasteiger partial charge is 0.466 e. The van der Waals surface area contributed by atoms with E-state index in [0.717, 1.165) is 51.4 Å². The molecule has 0 saturated carbocycles. The molecule has 6 heteroatoms. The van der Waals surface area contributed by atoms with Crippen molar-refractivity contribution in [3.8, 4) is 0 Å². The average Bonchev–Trinajstić information content (AvgIpc) is 3.44. The van der Waals surface area contributed by atoms with Crippen LogP contribution in [-0.4, -0.2) is 47.4 Å². The van der Waals surface area contributed by atoms with Crippen LogP contribution in [0.2, 0.25) is 0 Å². The number of esters is 1. The second-order valence-electron chi connectivity index (χ2n) is 24.2. The van der Waals surface area contributed by atoms with Crippen LogP contribution in [0.25, 0.3) is 0 Å². The molecule has 2 atom stereocenters. The highest BCUT2D eigenvalue weighted by Gasteiger charge is 2.18. The summed E-state index contributed by atoms with van der Waals surface area (Å²) in [7, 11) is 0. The van der Waals surface area contributed by atoms with E-state index in [-0.39, 0.29) is 18.5 Å². The van der Waals surface area contributed by atoms with Crippen LogP contribution in [0.4, 0.5) is 0 Å². The number of ether oxygens (including phenoxy) is 1. The van der Waals surface area contributed by atoms with Gasteiger partial charge in [0.2, 0.25) is 5.91 Å². The second-order valence-corrected chi connectivity index (χ2v) is 24.2. The van der Waals surface area contributed by atoms with Gasteiger partial charge in [0.05, 0.1) is 25.4 Å². The first-order valence-electron chi connectivity index (χ1n) is 35.3. The molecule has 0 bridgehead atoms. The summed E-state index contributed by atoms with van der Waals surface area (Å²) in [4.78, 5) is 24.6. The quantitative estimate of drug-likeness (QED) is 0.0320. The van der Waals surface area contributed by atoms with Gasteiger partial charge in [-0.2, -0.15) is 0 Å². The van der Waals surface area contributed by atoms with Crippen molar-refractivity contribution < 1.29 is 24.5 Å². The van der Waals surface area contributed by atoms with Crippen molar-refractivity contribution in [2.24, 2.45) is 0 Å². The second kappa shape index (κ2) is 67.6. The van der Waals surface area contributed by atoms with E-state index in [4.69, 9.17) is 4.74 Å². The first-order chi connectivity index (χ1) is 38.5. The van der Waals surface area contributed by atoms with Crippen LogP contribution < -0.4 is 5.32 Å². The summed E-state index contributed by atoms with van der Waals surface area (Å²) < 4.78 is 5.50. The third kappa shape index (κ3) is 63.3. The van der Waals surface area contributed by atoms with Crippen LogP contribution in [-0.2, 0) is 14.3 Å². The molecule has 0 aromatic heterocycles. The molecule has 0 aliphatic heterocycles. The van der Waals surface area contributed by atoms with Gasteiger partial charge in [-0.05, 0) is 64.2 Å². The van der Waals surface area contributed by atoms with Crippen LogP contribution in [0.15, 0.2) is 36.5 Å². The minimum atomic E-state index is -0.847. The van der Waals surface area contributed by atoms with E-state index in [1.807, 2.05) is 6.08 Å². The number of carbonyl (C=O) groups excluding carboxylic acids is 2.